The zero-order valence-electron chi connectivity index (χ0n) is 15.1. The van der Waals surface area contributed by atoms with E-state index < -0.39 is 46.7 Å². The average molecular weight is 443 g/mol. The van der Waals surface area contributed by atoms with Gasteiger partial charge < -0.3 is 0 Å². The number of alkyl halides is 6. The molecule has 0 radical (unpaired) electrons. The Bertz CT molecular complexity index is 1110. The monoisotopic (exact) mass is 443 g/mol. The van der Waals surface area contributed by atoms with Gasteiger partial charge in [-0.2, -0.15) is 31.4 Å². The van der Waals surface area contributed by atoms with Crippen LogP contribution in [-0.2, 0) is 12.4 Å². The lowest BCUT2D eigenvalue weighted by atomic mass is 10.1. The molecular formula is C18H11F6N5O2. The largest absolute Gasteiger partial charge is 0.434 e. The molecule has 1 aromatic carbocycles. The summed E-state index contributed by atoms with van der Waals surface area (Å²) in [5.74, 6) is -2.22. The highest BCUT2D eigenvalue weighted by atomic mass is 19.4. The number of halogens is 6. The summed E-state index contributed by atoms with van der Waals surface area (Å²) in [4.78, 5) is 27.8. The standard InChI is InChI=1S/C18H11F6N5O2/c19-17(20,21)11-4-1-5-12(7-11)29-14(18(22,23)24)13(9-26-29)16(31)28-27-15(30)10-3-2-6-25-8-10/h1-9H,(H,27,30)(H,28,31). The number of aromatic nitrogens is 3. The fourth-order valence-electron chi connectivity index (χ4n) is 2.55. The first-order valence-corrected chi connectivity index (χ1v) is 8.32. The van der Waals surface area contributed by atoms with Gasteiger partial charge in [-0.1, -0.05) is 6.07 Å². The lowest BCUT2D eigenvalue weighted by molar-refractivity contribution is -0.143. The first-order valence-electron chi connectivity index (χ1n) is 8.32. The minimum absolute atomic E-state index is 0.0264. The zero-order valence-corrected chi connectivity index (χ0v) is 15.1. The molecule has 0 aliphatic carbocycles. The summed E-state index contributed by atoms with van der Waals surface area (Å²) in [6.45, 7) is 0. The van der Waals surface area contributed by atoms with Crippen LogP contribution in [0.3, 0.4) is 0 Å². The van der Waals surface area contributed by atoms with Gasteiger partial charge in [0.2, 0.25) is 0 Å². The predicted molar refractivity (Wildman–Crippen MR) is 92.7 cm³/mol. The van der Waals surface area contributed by atoms with Gasteiger partial charge in [-0.3, -0.25) is 25.4 Å². The average Bonchev–Trinajstić information content (AvgIpc) is 3.18. The van der Waals surface area contributed by atoms with Crippen molar-refractivity contribution in [1.29, 1.82) is 0 Å². The Morgan fingerprint density at radius 3 is 2.19 bits per heavy atom. The normalized spacial score (nSPS) is 11.8. The van der Waals surface area contributed by atoms with E-state index in [1.165, 1.54) is 18.3 Å². The van der Waals surface area contributed by atoms with Crippen molar-refractivity contribution in [2.24, 2.45) is 0 Å². The summed E-state index contributed by atoms with van der Waals surface area (Å²) >= 11 is 0. The van der Waals surface area contributed by atoms with Crippen LogP contribution >= 0.6 is 0 Å². The molecule has 2 amide bonds. The molecule has 13 heteroatoms. The molecule has 0 atom stereocenters. The number of pyridine rings is 1. The van der Waals surface area contributed by atoms with Gasteiger partial charge in [-0.25, -0.2) is 4.68 Å². The molecule has 7 nitrogen and oxygen atoms in total. The molecule has 2 aromatic heterocycles. The van der Waals surface area contributed by atoms with Crippen LogP contribution in [0, 0.1) is 0 Å². The zero-order chi connectivity index (χ0) is 22.8. The third-order valence-corrected chi connectivity index (χ3v) is 3.91. The highest BCUT2D eigenvalue weighted by Crippen LogP contribution is 2.35. The van der Waals surface area contributed by atoms with E-state index in [1.807, 2.05) is 10.9 Å². The second kappa shape index (κ2) is 8.08. The number of nitrogens with one attached hydrogen (secondary N) is 2. The van der Waals surface area contributed by atoms with Crippen LogP contribution in [0.25, 0.3) is 5.69 Å². The minimum Gasteiger partial charge on any atom is -0.267 e. The highest BCUT2D eigenvalue weighted by molar-refractivity contribution is 5.99. The number of amides is 2. The van der Waals surface area contributed by atoms with E-state index in [1.54, 1.807) is 0 Å². The van der Waals surface area contributed by atoms with Gasteiger partial charge in [0.15, 0.2) is 5.69 Å². The molecule has 2 heterocycles. The van der Waals surface area contributed by atoms with Crippen molar-refractivity contribution in [3.05, 3.63) is 77.4 Å². The topological polar surface area (TPSA) is 88.9 Å². The Hall–Kier alpha value is -3.90. The number of carbonyl (C=O) groups excluding carboxylic acids is 2. The van der Waals surface area contributed by atoms with Crippen LogP contribution < -0.4 is 10.9 Å². The number of hydrogen-bond donors (Lipinski definition) is 2. The van der Waals surface area contributed by atoms with Crippen LogP contribution in [0.1, 0.15) is 32.0 Å². The van der Waals surface area contributed by atoms with Crippen LogP contribution in [0.2, 0.25) is 0 Å². The molecule has 0 saturated heterocycles. The van der Waals surface area contributed by atoms with Gasteiger partial charge in [-0.05, 0) is 30.3 Å². The lowest BCUT2D eigenvalue weighted by Gasteiger charge is -2.14. The van der Waals surface area contributed by atoms with Crippen molar-refractivity contribution in [1.82, 2.24) is 25.6 Å². The van der Waals surface area contributed by atoms with Gasteiger partial charge in [0.25, 0.3) is 11.8 Å². The fourth-order valence-corrected chi connectivity index (χ4v) is 2.55. The number of nitrogens with zero attached hydrogens (tertiary/aromatic N) is 3. The second-order valence-corrected chi connectivity index (χ2v) is 6.01. The van der Waals surface area contributed by atoms with E-state index in [2.05, 4.69) is 10.1 Å². The highest BCUT2D eigenvalue weighted by Gasteiger charge is 2.41. The smallest absolute Gasteiger partial charge is 0.267 e. The number of carbonyl (C=O) groups is 2. The summed E-state index contributed by atoms with van der Waals surface area (Å²) in [6, 6.07) is 5.81. The number of hydrogen-bond acceptors (Lipinski definition) is 4. The Labute approximate surface area is 169 Å². The second-order valence-electron chi connectivity index (χ2n) is 6.01. The van der Waals surface area contributed by atoms with Gasteiger partial charge in [0.05, 0.1) is 28.6 Å². The molecule has 0 aliphatic heterocycles. The maximum Gasteiger partial charge on any atom is 0.434 e. The number of hydrazine groups is 1. The summed E-state index contributed by atoms with van der Waals surface area (Å²) in [6.07, 6.45) is -6.86. The van der Waals surface area contributed by atoms with Crippen molar-refractivity contribution in [2.45, 2.75) is 12.4 Å². The Balaban J connectivity index is 1.91. The SMILES string of the molecule is O=C(NNC(=O)c1cnn(-c2cccc(C(F)(F)F)c2)c1C(F)(F)F)c1cccnc1. The Morgan fingerprint density at radius 2 is 1.58 bits per heavy atom. The Kier molecular flexibility index (Phi) is 5.69. The summed E-state index contributed by atoms with van der Waals surface area (Å²) in [7, 11) is 0. The summed E-state index contributed by atoms with van der Waals surface area (Å²) in [5, 5.41) is 3.43. The van der Waals surface area contributed by atoms with Crippen molar-refractivity contribution >= 4 is 11.8 Å². The van der Waals surface area contributed by atoms with Crippen molar-refractivity contribution < 1.29 is 35.9 Å². The van der Waals surface area contributed by atoms with E-state index in [0.717, 1.165) is 18.3 Å². The van der Waals surface area contributed by atoms with E-state index in [-0.39, 0.29) is 10.2 Å². The molecule has 162 valence electrons. The maximum atomic E-state index is 13.6. The molecule has 2 N–H and O–H groups in total. The first-order chi connectivity index (χ1) is 14.5. The van der Waals surface area contributed by atoms with Gasteiger partial charge >= 0.3 is 12.4 Å². The van der Waals surface area contributed by atoms with Gasteiger partial charge in [0.1, 0.15) is 0 Å². The minimum atomic E-state index is -5.15. The molecule has 3 aromatic rings. The van der Waals surface area contributed by atoms with E-state index in [0.29, 0.717) is 18.3 Å². The lowest BCUT2D eigenvalue weighted by Crippen LogP contribution is -2.42. The van der Waals surface area contributed by atoms with Crippen molar-refractivity contribution in [3.63, 3.8) is 0 Å². The van der Waals surface area contributed by atoms with Gasteiger partial charge in [0, 0.05) is 12.4 Å². The molecule has 3 rings (SSSR count). The summed E-state index contributed by atoms with van der Waals surface area (Å²) < 4.78 is 79.8. The molecule has 0 unspecified atom stereocenters. The Morgan fingerprint density at radius 1 is 0.871 bits per heavy atom. The molecule has 31 heavy (non-hydrogen) atoms. The third kappa shape index (κ3) is 4.82. The van der Waals surface area contributed by atoms with Crippen LogP contribution in [0.4, 0.5) is 26.3 Å². The third-order valence-electron chi connectivity index (χ3n) is 3.91. The van der Waals surface area contributed by atoms with Crippen LogP contribution in [-0.4, -0.2) is 26.6 Å². The summed E-state index contributed by atoms with van der Waals surface area (Å²) in [5.41, 5.74) is -0.602. The molecule has 0 saturated carbocycles. The predicted octanol–water partition coefficient (Wildman–Crippen LogP) is 3.38. The van der Waals surface area contributed by atoms with Crippen molar-refractivity contribution in [2.75, 3.05) is 0 Å². The fraction of sp³-hybridized carbons (Fsp3) is 0.111. The molecule has 0 fully saturated rings. The quantitative estimate of drug-likeness (QED) is 0.480. The van der Waals surface area contributed by atoms with E-state index in [4.69, 9.17) is 0 Å². The molecule has 0 spiro atoms. The van der Waals surface area contributed by atoms with E-state index in [9.17, 15) is 35.9 Å². The van der Waals surface area contributed by atoms with E-state index >= 15 is 0 Å². The van der Waals surface area contributed by atoms with Crippen LogP contribution in [0.15, 0.2) is 55.0 Å². The molecule has 0 bridgehead atoms. The first kappa shape index (κ1) is 21.8. The molecule has 0 aliphatic rings. The number of rotatable bonds is 3. The maximum absolute atomic E-state index is 13.6. The van der Waals surface area contributed by atoms with Crippen molar-refractivity contribution in [3.8, 4) is 5.69 Å². The number of benzene rings is 1. The van der Waals surface area contributed by atoms with Crippen LogP contribution in [0.5, 0.6) is 0 Å². The van der Waals surface area contributed by atoms with Gasteiger partial charge in [-0.15, -0.1) is 0 Å². The molecular weight excluding hydrogens is 432 g/mol.